The molecule has 7 nitrogen and oxygen atoms in total. The van der Waals surface area contributed by atoms with Crippen molar-refractivity contribution in [1.29, 1.82) is 0 Å². The fourth-order valence-corrected chi connectivity index (χ4v) is 4.47. The minimum Gasteiger partial charge on any atom is -0.356 e. The van der Waals surface area contributed by atoms with E-state index in [1.54, 1.807) is 6.20 Å². The highest BCUT2D eigenvalue weighted by atomic mass is 16.5. The van der Waals surface area contributed by atoms with Crippen molar-refractivity contribution >= 4 is 5.91 Å². The maximum absolute atomic E-state index is 12.3. The predicted octanol–water partition coefficient (Wildman–Crippen LogP) is 4.98. The van der Waals surface area contributed by atoms with Crippen LogP contribution in [0.25, 0.3) is 11.3 Å². The van der Waals surface area contributed by atoms with E-state index in [0.29, 0.717) is 18.3 Å². The average Bonchev–Trinajstić information content (AvgIpc) is 3.28. The van der Waals surface area contributed by atoms with Crippen LogP contribution in [0.2, 0.25) is 0 Å². The summed E-state index contributed by atoms with van der Waals surface area (Å²) >= 11 is 0. The first-order chi connectivity index (χ1) is 16.0. The van der Waals surface area contributed by atoms with E-state index in [1.807, 2.05) is 37.5 Å². The van der Waals surface area contributed by atoms with Crippen LogP contribution in [0.15, 0.2) is 41.3 Å². The van der Waals surface area contributed by atoms with Crippen LogP contribution in [0.1, 0.15) is 80.6 Å². The Bertz CT molecular complexity index is 1060. The molecule has 7 heteroatoms. The molecule has 0 atom stereocenters. The highest BCUT2D eigenvalue weighted by molar-refractivity contribution is 5.76. The molecular formula is C26H33N5O2. The summed E-state index contributed by atoms with van der Waals surface area (Å²) in [7, 11) is 0. The Hall–Kier alpha value is -3.09. The van der Waals surface area contributed by atoms with Crippen molar-refractivity contribution in [1.82, 2.24) is 25.4 Å². The lowest BCUT2D eigenvalue weighted by atomic mass is 9.79. The third kappa shape index (κ3) is 6.03. The Morgan fingerprint density at radius 2 is 2.03 bits per heavy atom. The van der Waals surface area contributed by atoms with Gasteiger partial charge in [-0.3, -0.25) is 9.78 Å². The lowest BCUT2D eigenvalue weighted by Gasteiger charge is -2.29. The number of amides is 1. The molecule has 3 aromatic heterocycles. The lowest BCUT2D eigenvalue weighted by molar-refractivity contribution is -0.121. The van der Waals surface area contributed by atoms with Gasteiger partial charge in [0, 0.05) is 49.5 Å². The number of nitrogens with zero attached hydrogens (tertiary/aromatic N) is 4. The van der Waals surface area contributed by atoms with E-state index >= 15 is 0 Å². The van der Waals surface area contributed by atoms with E-state index in [2.05, 4.69) is 34.3 Å². The molecule has 0 aliphatic heterocycles. The van der Waals surface area contributed by atoms with Crippen LogP contribution >= 0.6 is 0 Å². The van der Waals surface area contributed by atoms with Gasteiger partial charge in [0.05, 0.1) is 17.0 Å². The molecule has 0 aromatic carbocycles. The van der Waals surface area contributed by atoms with Crippen molar-refractivity contribution in [2.24, 2.45) is 5.92 Å². The Labute approximate surface area is 195 Å². The number of nitrogens with one attached hydrogen (secondary N) is 1. The summed E-state index contributed by atoms with van der Waals surface area (Å²) in [6.07, 6.45) is 10.9. The molecule has 1 N–H and O–H groups in total. The topological polar surface area (TPSA) is 93.8 Å². The number of pyridine rings is 1. The third-order valence-electron chi connectivity index (χ3n) is 6.43. The van der Waals surface area contributed by atoms with E-state index in [4.69, 9.17) is 9.51 Å². The maximum atomic E-state index is 12.3. The van der Waals surface area contributed by atoms with Gasteiger partial charge in [-0.2, -0.15) is 0 Å². The monoisotopic (exact) mass is 447 g/mol. The van der Waals surface area contributed by atoms with Gasteiger partial charge < -0.3 is 9.84 Å². The molecular weight excluding hydrogens is 414 g/mol. The van der Waals surface area contributed by atoms with Crippen molar-refractivity contribution in [2.75, 3.05) is 6.54 Å². The number of hydrogen-bond donors (Lipinski definition) is 1. The van der Waals surface area contributed by atoms with Crippen LogP contribution in [0, 0.1) is 12.8 Å². The van der Waals surface area contributed by atoms with Gasteiger partial charge in [-0.25, -0.2) is 9.97 Å². The normalized spacial score (nSPS) is 18.4. The van der Waals surface area contributed by atoms with Crippen LogP contribution in [0.4, 0.5) is 0 Å². The zero-order chi connectivity index (χ0) is 23.2. The van der Waals surface area contributed by atoms with Gasteiger partial charge in [0.1, 0.15) is 5.82 Å². The highest BCUT2D eigenvalue weighted by Crippen LogP contribution is 2.39. The fourth-order valence-electron chi connectivity index (χ4n) is 4.47. The molecule has 0 unspecified atom stereocenters. The Morgan fingerprint density at radius 3 is 2.70 bits per heavy atom. The first kappa shape index (κ1) is 23.1. The SMILES string of the molecule is Cc1cc(-c2cnc(C(C)C)nc2C2CCC(CNC(=O)CCc3cccnc3)CC2)on1. The molecule has 3 heterocycles. The number of aryl methyl sites for hydroxylation is 2. The second-order valence-corrected chi connectivity index (χ2v) is 9.40. The van der Waals surface area contributed by atoms with E-state index in [9.17, 15) is 4.79 Å². The van der Waals surface area contributed by atoms with E-state index in [-0.39, 0.29) is 11.8 Å². The molecule has 1 aliphatic carbocycles. The molecule has 0 radical (unpaired) electrons. The van der Waals surface area contributed by atoms with Crippen molar-refractivity contribution in [2.45, 2.75) is 71.1 Å². The molecule has 1 amide bonds. The smallest absolute Gasteiger partial charge is 0.220 e. The summed E-state index contributed by atoms with van der Waals surface area (Å²) in [5.41, 5.74) is 3.97. The summed E-state index contributed by atoms with van der Waals surface area (Å²) in [4.78, 5) is 25.9. The molecule has 0 bridgehead atoms. The van der Waals surface area contributed by atoms with Gasteiger partial charge in [-0.05, 0) is 56.6 Å². The van der Waals surface area contributed by atoms with Gasteiger partial charge >= 0.3 is 0 Å². The number of rotatable bonds is 8. The Morgan fingerprint density at radius 1 is 1.21 bits per heavy atom. The Balaban J connectivity index is 1.33. The standard InChI is InChI=1S/C26H33N5O2/c1-17(2)26-29-16-22(23-13-18(3)31-33-23)25(30-26)21-9-6-20(7-10-21)15-28-24(32)11-8-19-5-4-12-27-14-19/h4-5,12-14,16-17,20-21H,6-11,15H2,1-3H3,(H,28,32). The van der Waals surface area contributed by atoms with E-state index in [1.165, 1.54) is 0 Å². The van der Waals surface area contributed by atoms with E-state index < -0.39 is 0 Å². The average molecular weight is 448 g/mol. The largest absolute Gasteiger partial charge is 0.356 e. The quantitative estimate of drug-likeness (QED) is 0.523. The summed E-state index contributed by atoms with van der Waals surface area (Å²) in [5, 5.41) is 7.18. The van der Waals surface area contributed by atoms with Crippen LogP contribution in [-0.2, 0) is 11.2 Å². The van der Waals surface area contributed by atoms with Gasteiger partial charge in [0.15, 0.2) is 5.76 Å². The van der Waals surface area contributed by atoms with Gasteiger partial charge in [-0.15, -0.1) is 0 Å². The summed E-state index contributed by atoms with van der Waals surface area (Å²) in [6.45, 7) is 6.90. The summed E-state index contributed by atoms with van der Waals surface area (Å²) in [5.74, 6) is 2.86. The molecule has 1 saturated carbocycles. The van der Waals surface area contributed by atoms with Crippen molar-refractivity contribution < 1.29 is 9.32 Å². The van der Waals surface area contributed by atoms with Crippen LogP contribution < -0.4 is 5.32 Å². The zero-order valence-electron chi connectivity index (χ0n) is 19.8. The van der Waals surface area contributed by atoms with Gasteiger partial charge in [0.2, 0.25) is 5.91 Å². The highest BCUT2D eigenvalue weighted by Gasteiger charge is 2.27. The number of carbonyl (C=O) groups excluding carboxylic acids is 1. The molecule has 3 aromatic rings. The third-order valence-corrected chi connectivity index (χ3v) is 6.43. The van der Waals surface area contributed by atoms with E-state index in [0.717, 1.165) is 72.7 Å². The second-order valence-electron chi connectivity index (χ2n) is 9.40. The Kier molecular flexibility index (Phi) is 7.47. The van der Waals surface area contributed by atoms with Gasteiger partial charge in [-0.1, -0.05) is 25.1 Å². The number of hydrogen-bond acceptors (Lipinski definition) is 6. The zero-order valence-corrected chi connectivity index (χ0v) is 19.8. The van der Waals surface area contributed by atoms with Crippen molar-refractivity contribution in [3.05, 3.63) is 59.6 Å². The molecule has 174 valence electrons. The molecule has 1 fully saturated rings. The molecule has 1 aliphatic rings. The summed E-state index contributed by atoms with van der Waals surface area (Å²) in [6, 6.07) is 5.86. The number of carbonyl (C=O) groups is 1. The molecule has 0 saturated heterocycles. The maximum Gasteiger partial charge on any atom is 0.220 e. The molecule has 33 heavy (non-hydrogen) atoms. The first-order valence-electron chi connectivity index (χ1n) is 12.0. The second kappa shape index (κ2) is 10.7. The summed E-state index contributed by atoms with van der Waals surface area (Å²) < 4.78 is 5.54. The van der Waals surface area contributed by atoms with Crippen LogP contribution in [-0.4, -0.2) is 32.6 Å². The van der Waals surface area contributed by atoms with Gasteiger partial charge in [0.25, 0.3) is 0 Å². The minimum atomic E-state index is 0.112. The molecule has 0 spiro atoms. The minimum absolute atomic E-state index is 0.112. The van der Waals surface area contributed by atoms with Crippen molar-refractivity contribution in [3.8, 4) is 11.3 Å². The lowest BCUT2D eigenvalue weighted by Crippen LogP contribution is -2.31. The molecule has 4 rings (SSSR count). The van der Waals surface area contributed by atoms with Crippen LogP contribution in [0.5, 0.6) is 0 Å². The fraction of sp³-hybridized carbons (Fsp3) is 0.500. The van der Waals surface area contributed by atoms with Crippen LogP contribution in [0.3, 0.4) is 0 Å². The predicted molar refractivity (Wildman–Crippen MR) is 127 cm³/mol. The van der Waals surface area contributed by atoms with Crippen molar-refractivity contribution in [3.63, 3.8) is 0 Å². The first-order valence-corrected chi connectivity index (χ1v) is 12.0. The number of aromatic nitrogens is 4.